The van der Waals surface area contributed by atoms with E-state index in [0.29, 0.717) is 42.7 Å². The number of rotatable bonds is 18. The lowest BCUT2D eigenvalue weighted by molar-refractivity contribution is -0.171. The van der Waals surface area contributed by atoms with Crippen LogP contribution < -0.4 is 20.7 Å². The van der Waals surface area contributed by atoms with E-state index >= 15 is 0 Å². The average molecular weight is 674 g/mol. The van der Waals surface area contributed by atoms with E-state index in [-0.39, 0.29) is 35.5 Å². The van der Waals surface area contributed by atoms with Crippen molar-refractivity contribution < 1.29 is 47.3 Å². The number of nitrogens with zero attached hydrogens (tertiary/aromatic N) is 1. The van der Waals surface area contributed by atoms with E-state index in [1.165, 1.54) is 24.3 Å². The normalized spacial score (nSPS) is 12.3. The fraction of sp³-hybridized carbons (Fsp3) is 0.394. The molecular weight excluding hydrogens is 632 g/mol. The number of hydroxylamine groups is 2. The van der Waals surface area contributed by atoms with Gasteiger partial charge in [0, 0.05) is 10.9 Å². The Morgan fingerprint density at radius 3 is 2.47 bits per heavy atom. The molecule has 0 aliphatic carbocycles. The van der Waals surface area contributed by atoms with Crippen LogP contribution in [0, 0.1) is 18.7 Å². The maximum absolute atomic E-state index is 14.4. The summed E-state index contributed by atoms with van der Waals surface area (Å²) >= 11 is 0. The first kappa shape index (κ1) is 37.1. The number of hydrogen-bond donors (Lipinski definition) is 4. The number of ether oxygens (including phenoxy) is 1. The van der Waals surface area contributed by atoms with Crippen LogP contribution >= 0.6 is 8.38 Å². The van der Waals surface area contributed by atoms with Crippen molar-refractivity contribution in [3.8, 4) is 17.1 Å². The highest BCUT2D eigenvalue weighted by molar-refractivity contribution is 7.54. The van der Waals surface area contributed by atoms with E-state index in [2.05, 4.69) is 10.6 Å². The number of unbranched alkanes of at least 4 members (excludes halogenated alkanes) is 2. The summed E-state index contributed by atoms with van der Waals surface area (Å²) < 4.78 is 25.6. The van der Waals surface area contributed by atoms with Gasteiger partial charge in [-0.25, -0.2) is 9.18 Å². The standard InChI is InChI=1S/C33H41FN3O9P/c1-5-8-9-12-25(27(6-2)37(20-38)46-33(41)30-21(4)11-10-13-26(30)34)31(39)35-19-36-32(40)29-15-14-28(45-29)22-16-23(44-7-3)18-24(17-22)47(42)43/h10-11,13-18,20,25,27,42-43H,5-9,12,19H2,1-4H3,(H,35,39)(H,36,40). The van der Waals surface area contributed by atoms with Crippen LogP contribution in [0.3, 0.4) is 0 Å². The smallest absolute Gasteiger partial charge is 0.366 e. The van der Waals surface area contributed by atoms with Gasteiger partial charge in [-0.1, -0.05) is 45.2 Å². The summed E-state index contributed by atoms with van der Waals surface area (Å²) in [6.07, 6.45) is 3.26. The Morgan fingerprint density at radius 1 is 1.06 bits per heavy atom. The van der Waals surface area contributed by atoms with Crippen molar-refractivity contribution in [2.45, 2.75) is 65.8 Å². The number of carbonyl (C=O) groups excluding carboxylic acids is 4. The number of hydrogen-bond acceptors (Lipinski definition) is 9. The molecule has 3 amide bonds. The van der Waals surface area contributed by atoms with Crippen molar-refractivity contribution in [2.24, 2.45) is 5.92 Å². The zero-order chi connectivity index (χ0) is 34.5. The van der Waals surface area contributed by atoms with Gasteiger partial charge in [-0.2, -0.15) is 5.06 Å². The first-order chi connectivity index (χ1) is 22.5. The number of nitrogens with one attached hydrogen (secondary N) is 2. The summed E-state index contributed by atoms with van der Waals surface area (Å²) in [7, 11) is -2.39. The molecule has 2 unspecified atom stereocenters. The minimum atomic E-state index is -2.39. The highest BCUT2D eigenvalue weighted by Crippen LogP contribution is 2.31. The minimum absolute atomic E-state index is 0.0544. The number of carbonyl (C=O) groups is 4. The van der Waals surface area contributed by atoms with Crippen LogP contribution in [0.4, 0.5) is 4.39 Å². The molecule has 0 saturated heterocycles. The van der Waals surface area contributed by atoms with Gasteiger partial charge in [-0.15, -0.1) is 0 Å². The molecule has 0 bridgehead atoms. The zero-order valence-corrected chi connectivity index (χ0v) is 27.7. The second-order valence-corrected chi connectivity index (χ2v) is 11.8. The van der Waals surface area contributed by atoms with Crippen LogP contribution in [-0.4, -0.2) is 58.4 Å². The number of benzene rings is 2. The van der Waals surface area contributed by atoms with E-state index in [4.69, 9.17) is 14.0 Å². The van der Waals surface area contributed by atoms with Crippen LogP contribution in [0.25, 0.3) is 11.3 Å². The molecule has 0 saturated carbocycles. The molecule has 47 heavy (non-hydrogen) atoms. The van der Waals surface area contributed by atoms with Crippen molar-refractivity contribution >= 4 is 37.9 Å². The SMILES string of the molecule is CCCCCC(C(=O)NCNC(=O)c1ccc(-c2cc(OCC)cc(P(O)O)c2)o1)C(CC)N(C=O)OC(=O)c1c(C)cccc1F. The van der Waals surface area contributed by atoms with E-state index in [1.807, 2.05) is 6.92 Å². The number of furan rings is 1. The molecule has 2 atom stereocenters. The summed E-state index contributed by atoms with van der Waals surface area (Å²) in [4.78, 5) is 75.9. The third-order valence-electron chi connectivity index (χ3n) is 7.44. The highest BCUT2D eigenvalue weighted by Gasteiger charge is 2.34. The summed E-state index contributed by atoms with van der Waals surface area (Å²) in [5.74, 6) is -3.13. The number of amides is 3. The van der Waals surface area contributed by atoms with Crippen LogP contribution in [0.15, 0.2) is 52.9 Å². The fourth-order valence-corrected chi connectivity index (χ4v) is 5.59. The van der Waals surface area contributed by atoms with Crippen LogP contribution in [0.1, 0.15) is 79.4 Å². The Balaban J connectivity index is 1.70. The van der Waals surface area contributed by atoms with E-state index in [0.717, 1.165) is 24.0 Å². The molecule has 1 aromatic heterocycles. The summed E-state index contributed by atoms with van der Waals surface area (Å²) in [5, 5.41) is 6.24. The molecule has 0 aliphatic rings. The maximum atomic E-state index is 14.4. The summed E-state index contributed by atoms with van der Waals surface area (Å²) in [5.41, 5.74) is 0.498. The molecule has 14 heteroatoms. The van der Waals surface area contributed by atoms with Gasteiger partial charge in [0.1, 0.15) is 22.9 Å². The van der Waals surface area contributed by atoms with E-state index in [1.54, 1.807) is 39.0 Å². The van der Waals surface area contributed by atoms with Crippen molar-refractivity contribution in [1.82, 2.24) is 15.7 Å². The molecule has 254 valence electrons. The monoisotopic (exact) mass is 673 g/mol. The first-order valence-electron chi connectivity index (χ1n) is 15.4. The Hall–Kier alpha value is -4.32. The molecule has 0 aliphatic heterocycles. The number of aryl methyl sites for hydroxylation is 1. The van der Waals surface area contributed by atoms with Gasteiger partial charge in [0.2, 0.25) is 12.3 Å². The molecule has 3 aromatic rings. The van der Waals surface area contributed by atoms with Gasteiger partial charge >= 0.3 is 5.97 Å². The molecule has 0 fully saturated rings. The molecular formula is C33H41FN3O9P. The topological polar surface area (TPSA) is 168 Å². The third kappa shape index (κ3) is 10.1. The van der Waals surface area contributed by atoms with Crippen molar-refractivity contribution in [3.63, 3.8) is 0 Å². The Morgan fingerprint density at radius 2 is 1.83 bits per heavy atom. The van der Waals surface area contributed by atoms with Crippen molar-refractivity contribution in [3.05, 3.63) is 71.2 Å². The lowest BCUT2D eigenvalue weighted by Crippen LogP contribution is -2.49. The average Bonchev–Trinajstić information content (AvgIpc) is 3.54. The first-order valence-corrected chi connectivity index (χ1v) is 16.6. The second-order valence-electron chi connectivity index (χ2n) is 10.7. The Bertz CT molecular complexity index is 1510. The van der Waals surface area contributed by atoms with Gasteiger partial charge in [0.15, 0.2) is 14.1 Å². The zero-order valence-electron chi connectivity index (χ0n) is 26.8. The highest BCUT2D eigenvalue weighted by atomic mass is 31.2. The van der Waals surface area contributed by atoms with Crippen LogP contribution in [0.2, 0.25) is 0 Å². The number of halogens is 1. The third-order valence-corrected chi connectivity index (χ3v) is 8.16. The second kappa shape index (κ2) is 18.1. The fourth-order valence-electron chi connectivity index (χ4n) is 5.09. The predicted octanol–water partition coefficient (Wildman–Crippen LogP) is 4.72. The molecule has 1 heterocycles. The quantitative estimate of drug-likeness (QED) is 0.0491. The van der Waals surface area contributed by atoms with Gasteiger partial charge in [0.25, 0.3) is 5.91 Å². The molecule has 0 radical (unpaired) electrons. The Kier molecular flexibility index (Phi) is 14.3. The van der Waals surface area contributed by atoms with Gasteiger partial charge in [-0.05, 0) is 68.7 Å². The van der Waals surface area contributed by atoms with Crippen molar-refractivity contribution in [1.29, 1.82) is 0 Å². The Labute approximate surface area is 274 Å². The minimum Gasteiger partial charge on any atom is -0.494 e. The van der Waals surface area contributed by atoms with Gasteiger partial charge in [0.05, 0.1) is 25.2 Å². The lowest BCUT2D eigenvalue weighted by atomic mass is 9.90. The van der Waals surface area contributed by atoms with Crippen molar-refractivity contribution in [2.75, 3.05) is 13.3 Å². The molecule has 3 rings (SSSR count). The predicted molar refractivity (Wildman–Crippen MR) is 173 cm³/mol. The van der Waals surface area contributed by atoms with Gasteiger partial charge < -0.3 is 34.4 Å². The summed E-state index contributed by atoms with van der Waals surface area (Å²) in [6, 6.07) is 10.9. The molecule has 4 N–H and O–H groups in total. The lowest BCUT2D eigenvalue weighted by Gasteiger charge is -2.32. The van der Waals surface area contributed by atoms with E-state index in [9.17, 15) is 33.4 Å². The van der Waals surface area contributed by atoms with Gasteiger partial charge in [-0.3, -0.25) is 14.4 Å². The van der Waals surface area contributed by atoms with Crippen LogP contribution in [-0.2, 0) is 14.4 Å². The van der Waals surface area contributed by atoms with E-state index < -0.39 is 43.9 Å². The summed E-state index contributed by atoms with van der Waals surface area (Å²) in [6.45, 7) is 7.16. The molecule has 12 nitrogen and oxygen atoms in total. The van der Waals surface area contributed by atoms with Crippen LogP contribution in [0.5, 0.6) is 5.75 Å². The molecule has 0 spiro atoms. The largest absolute Gasteiger partial charge is 0.494 e. The molecule has 2 aromatic carbocycles. The maximum Gasteiger partial charge on any atom is 0.366 e.